The highest BCUT2D eigenvalue weighted by Gasteiger charge is 2.13. The molecule has 3 N–H and O–H groups in total. The maximum absolute atomic E-state index is 12.6. The van der Waals surface area contributed by atoms with Crippen LogP contribution in [-0.2, 0) is 0 Å². The van der Waals surface area contributed by atoms with E-state index in [0.717, 1.165) is 6.07 Å². The zero-order chi connectivity index (χ0) is 8.43. The number of aliphatic hydroxyl groups excluding tert-OH is 1. The van der Waals surface area contributed by atoms with Crippen LogP contribution >= 0.6 is 0 Å². The van der Waals surface area contributed by atoms with Gasteiger partial charge in [0.1, 0.15) is 11.6 Å². The van der Waals surface area contributed by atoms with Crippen molar-refractivity contribution >= 4 is 0 Å². The van der Waals surface area contributed by atoms with Gasteiger partial charge in [-0.3, -0.25) is 0 Å². The first kappa shape index (κ1) is 7.97. The molecule has 0 spiro atoms. The second-order valence-corrected chi connectivity index (χ2v) is 2.05. The lowest BCUT2D eigenvalue weighted by Crippen LogP contribution is -1.98. The average molecular weight is 158 g/mol. The third-order valence-electron chi connectivity index (χ3n) is 1.29. The molecule has 3 nitrogen and oxygen atoms in total. The molecular weight excluding hydrogens is 151 g/mol. The van der Waals surface area contributed by atoms with Gasteiger partial charge in [-0.05, 0) is 12.1 Å². The standard InChI is InChI=1S/C7H7FO3/c8-4-2-1-3-5(9)6(4)7(10)11/h1-3,7,9-11H. The smallest absolute Gasteiger partial charge is 0.185 e. The molecule has 0 amide bonds. The molecule has 0 atom stereocenters. The number of hydrogen-bond donors (Lipinski definition) is 3. The van der Waals surface area contributed by atoms with E-state index in [2.05, 4.69) is 0 Å². The second kappa shape index (κ2) is 2.86. The fraction of sp³-hybridized carbons (Fsp3) is 0.143. The van der Waals surface area contributed by atoms with Gasteiger partial charge in [0.2, 0.25) is 0 Å². The van der Waals surface area contributed by atoms with E-state index in [1.54, 1.807) is 0 Å². The minimum absolute atomic E-state index is 0.458. The quantitative estimate of drug-likeness (QED) is 0.522. The Hall–Kier alpha value is -1.13. The first-order valence-electron chi connectivity index (χ1n) is 2.96. The van der Waals surface area contributed by atoms with Crippen molar-refractivity contribution in [3.8, 4) is 5.75 Å². The summed E-state index contributed by atoms with van der Waals surface area (Å²) in [5.74, 6) is -1.29. The van der Waals surface area contributed by atoms with Crippen LogP contribution in [0.3, 0.4) is 0 Å². The van der Waals surface area contributed by atoms with Crippen LogP contribution in [0.1, 0.15) is 11.9 Å². The van der Waals surface area contributed by atoms with Gasteiger partial charge < -0.3 is 15.3 Å². The summed E-state index contributed by atoms with van der Waals surface area (Å²) in [6.45, 7) is 0. The van der Waals surface area contributed by atoms with Crippen molar-refractivity contribution in [1.82, 2.24) is 0 Å². The Kier molecular flexibility index (Phi) is 2.07. The molecule has 4 heteroatoms. The number of phenols is 1. The van der Waals surface area contributed by atoms with Crippen LogP contribution in [0.2, 0.25) is 0 Å². The predicted molar refractivity (Wildman–Crippen MR) is 35.2 cm³/mol. The SMILES string of the molecule is Oc1cccc(F)c1C(O)O. The Morgan fingerprint density at radius 3 is 2.27 bits per heavy atom. The molecule has 0 bridgehead atoms. The lowest BCUT2D eigenvalue weighted by atomic mass is 10.2. The van der Waals surface area contributed by atoms with Gasteiger partial charge in [-0.25, -0.2) is 4.39 Å². The van der Waals surface area contributed by atoms with E-state index in [1.807, 2.05) is 0 Å². The number of hydrogen-bond acceptors (Lipinski definition) is 3. The molecule has 0 saturated carbocycles. The zero-order valence-electron chi connectivity index (χ0n) is 5.53. The molecule has 60 valence electrons. The number of aromatic hydroxyl groups is 1. The molecular formula is C7H7FO3. The Morgan fingerprint density at radius 1 is 1.27 bits per heavy atom. The summed E-state index contributed by atoms with van der Waals surface area (Å²) in [5, 5.41) is 26.0. The Balaban J connectivity index is 3.21. The maximum Gasteiger partial charge on any atom is 0.185 e. The summed E-state index contributed by atoms with van der Waals surface area (Å²) in [6, 6.07) is 3.49. The van der Waals surface area contributed by atoms with Crippen LogP contribution in [0.15, 0.2) is 18.2 Å². The highest BCUT2D eigenvalue weighted by atomic mass is 19.1. The molecule has 0 aromatic heterocycles. The topological polar surface area (TPSA) is 60.7 Å². The van der Waals surface area contributed by atoms with Crippen LogP contribution < -0.4 is 0 Å². The zero-order valence-corrected chi connectivity index (χ0v) is 5.53. The van der Waals surface area contributed by atoms with Crippen molar-refractivity contribution in [2.24, 2.45) is 0 Å². The molecule has 0 unspecified atom stereocenters. The summed E-state index contributed by atoms with van der Waals surface area (Å²) in [7, 11) is 0. The van der Waals surface area contributed by atoms with E-state index in [4.69, 9.17) is 15.3 Å². The van der Waals surface area contributed by atoms with Crippen molar-refractivity contribution in [2.45, 2.75) is 6.29 Å². The summed E-state index contributed by atoms with van der Waals surface area (Å²) >= 11 is 0. The van der Waals surface area contributed by atoms with Gasteiger partial charge >= 0.3 is 0 Å². The van der Waals surface area contributed by atoms with E-state index in [9.17, 15) is 4.39 Å². The van der Waals surface area contributed by atoms with Crippen molar-refractivity contribution in [3.05, 3.63) is 29.6 Å². The lowest BCUT2D eigenvalue weighted by molar-refractivity contribution is -0.0463. The molecule has 0 heterocycles. The van der Waals surface area contributed by atoms with Crippen LogP contribution in [0.4, 0.5) is 4.39 Å². The molecule has 1 aromatic rings. The van der Waals surface area contributed by atoms with Gasteiger partial charge in [0, 0.05) is 0 Å². The molecule has 11 heavy (non-hydrogen) atoms. The van der Waals surface area contributed by atoms with Gasteiger partial charge in [0.25, 0.3) is 0 Å². The van der Waals surface area contributed by atoms with Crippen molar-refractivity contribution in [3.63, 3.8) is 0 Å². The highest BCUT2D eigenvalue weighted by molar-refractivity contribution is 5.33. The number of rotatable bonds is 1. The minimum Gasteiger partial charge on any atom is -0.507 e. The van der Waals surface area contributed by atoms with Crippen LogP contribution in [0.5, 0.6) is 5.75 Å². The fourth-order valence-corrected chi connectivity index (χ4v) is 0.781. The monoisotopic (exact) mass is 158 g/mol. The summed E-state index contributed by atoms with van der Waals surface area (Å²) < 4.78 is 12.6. The van der Waals surface area contributed by atoms with E-state index < -0.39 is 23.4 Å². The van der Waals surface area contributed by atoms with E-state index in [0.29, 0.717) is 0 Å². The van der Waals surface area contributed by atoms with Gasteiger partial charge in [-0.2, -0.15) is 0 Å². The highest BCUT2D eigenvalue weighted by Crippen LogP contribution is 2.24. The second-order valence-electron chi connectivity index (χ2n) is 2.05. The van der Waals surface area contributed by atoms with Gasteiger partial charge in [0.05, 0.1) is 5.56 Å². The van der Waals surface area contributed by atoms with Gasteiger partial charge in [-0.1, -0.05) is 6.07 Å². The minimum atomic E-state index is -1.98. The third-order valence-corrected chi connectivity index (χ3v) is 1.29. The van der Waals surface area contributed by atoms with Gasteiger partial charge in [-0.15, -0.1) is 0 Å². The van der Waals surface area contributed by atoms with Crippen LogP contribution in [0, 0.1) is 5.82 Å². The average Bonchev–Trinajstić information content (AvgIpc) is 1.85. The maximum atomic E-state index is 12.6. The molecule has 0 fully saturated rings. The van der Waals surface area contributed by atoms with Crippen LogP contribution in [-0.4, -0.2) is 15.3 Å². The Bertz CT molecular complexity index is 240. The van der Waals surface area contributed by atoms with Crippen molar-refractivity contribution in [2.75, 3.05) is 0 Å². The van der Waals surface area contributed by atoms with Crippen molar-refractivity contribution in [1.29, 1.82) is 0 Å². The number of benzene rings is 1. The Morgan fingerprint density at radius 2 is 1.91 bits per heavy atom. The fourth-order valence-electron chi connectivity index (χ4n) is 0.781. The first-order chi connectivity index (χ1) is 5.13. The molecule has 1 rings (SSSR count). The summed E-state index contributed by atoms with van der Waals surface area (Å²) in [5.41, 5.74) is -0.493. The number of phenolic OH excluding ortho intramolecular Hbond substituents is 1. The number of aliphatic hydroxyl groups is 2. The normalized spacial score (nSPS) is 10.5. The lowest BCUT2D eigenvalue weighted by Gasteiger charge is -2.06. The Labute approximate surface area is 62.3 Å². The predicted octanol–water partition coefficient (Wildman–Crippen LogP) is 0.514. The first-order valence-corrected chi connectivity index (χ1v) is 2.96. The third kappa shape index (κ3) is 1.47. The molecule has 0 aliphatic heterocycles. The molecule has 0 radical (unpaired) electrons. The number of halogens is 1. The van der Waals surface area contributed by atoms with Gasteiger partial charge in [0.15, 0.2) is 6.29 Å². The van der Waals surface area contributed by atoms with E-state index in [-0.39, 0.29) is 0 Å². The summed E-state index contributed by atoms with van der Waals surface area (Å²) in [6.07, 6.45) is -1.98. The molecule has 0 aliphatic rings. The molecule has 1 aromatic carbocycles. The van der Waals surface area contributed by atoms with Crippen LogP contribution in [0.25, 0.3) is 0 Å². The molecule has 0 saturated heterocycles. The van der Waals surface area contributed by atoms with Crippen molar-refractivity contribution < 1.29 is 19.7 Å². The van der Waals surface area contributed by atoms with E-state index >= 15 is 0 Å². The van der Waals surface area contributed by atoms with E-state index in [1.165, 1.54) is 12.1 Å². The summed E-state index contributed by atoms with van der Waals surface area (Å²) in [4.78, 5) is 0. The molecule has 0 aliphatic carbocycles. The largest absolute Gasteiger partial charge is 0.507 e.